The Hall–Kier alpha value is -1.97. The summed E-state index contributed by atoms with van der Waals surface area (Å²) in [6.07, 6.45) is 3.72. The molecule has 0 atom stereocenters. The first-order valence-corrected chi connectivity index (χ1v) is 4.92. The first-order valence-electron chi connectivity index (χ1n) is 4.92. The van der Waals surface area contributed by atoms with Crippen molar-refractivity contribution in [1.82, 2.24) is 9.78 Å². The lowest BCUT2D eigenvalue weighted by Gasteiger charge is -2.08. The summed E-state index contributed by atoms with van der Waals surface area (Å²) in [7, 11) is 0. The maximum absolute atomic E-state index is 5.80. The second-order valence-corrected chi connectivity index (χ2v) is 3.28. The van der Waals surface area contributed by atoms with Crippen LogP contribution in [-0.4, -0.2) is 16.3 Å². The van der Waals surface area contributed by atoms with Crippen LogP contribution < -0.4 is 11.1 Å². The van der Waals surface area contributed by atoms with Crippen LogP contribution in [0.1, 0.15) is 0 Å². The number of aromatic nitrogens is 2. The first-order chi connectivity index (χ1) is 7.36. The van der Waals surface area contributed by atoms with Gasteiger partial charge in [0.25, 0.3) is 0 Å². The zero-order valence-electron chi connectivity index (χ0n) is 8.43. The molecule has 2 aromatic rings. The van der Waals surface area contributed by atoms with Crippen molar-refractivity contribution in [2.75, 3.05) is 17.6 Å². The molecule has 0 spiro atoms. The highest BCUT2D eigenvalue weighted by Crippen LogP contribution is 2.15. The van der Waals surface area contributed by atoms with Crippen LogP contribution >= 0.6 is 0 Å². The maximum Gasteiger partial charge on any atom is 0.0582 e. The van der Waals surface area contributed by atoms with E-state index in [1.54, 1.807) is 6.20 Å². The average molecular weight is 202 g/mol. The molecule has 1 heterocycles. The highest BCUT2D eigenvalue weighted by molar-refractivity contribution is 5.65. The number of rotatable bonds is 4. The van der Waals surface area contributed by atoms with Gasteiger partial charge < -0.3 is 11.1 Å². The Labute approximate surface area is 88.7 Å². The number of benzene rings is 1. The number of nitrogens with two attached hydrogens (primary N) is 1. The number of anilines is 2. The average Bonchev–Trinajstić information content (AvgIpc) is 2.74. The molecule has 0 aliphatic carbocycles. The Morgan fingerprint density at radius 2 is 2.13 bits per heavy atom. The molecular formula is C11H14N4. The van der Waals surface area contributed by atoms with Crippen molar-refractivity contribution in [2.24, 2.45) is 0 Å². The van der Waals surface area contributed by atoms with Crippen LogP contribution in [0.15, 0.2) is 42.7 Å². The quantitative estimate of drug-likeness (QED) is 0.740. The molecule has 3 N–H and O–H groups in total. The van der Waals surface area contributed by atoms with E-state index in [0.717, 1.165) is 24.5 Å². The van der Waals surface area contributed by atoms with Crippen molar-refractivity contribution < 1.29 is 0 Å². The summed E-state index contributed by atoms with van der Waals surface area (Å²) < 4.78 is 1.88. The van der Waals surface area contributed by atoms with Crippen molar-refractivity contribution in [3.05, 3.63) is 42.7 Å². The highest BCUT2D eigenvalue weighted by Gasteiger charge is 1.95. The molecule has 0 bridgehead atoms. The molecule has 2 rings (SSSR count). The fraction of sp³-hybridized carbons (Fsp3) is 0.182. The van der Waals surface area contributed by atoms with Crippen molar-refractivity contribution in [3.8, 4) is 0 Å². The second-order valence-electron chi connectivity index (χ2n) is 3.28. The molecule has 0 aliphatic rings. The standard InChI is InChI=1S/C11H14N4/c12-10-4-1-2-5-11(10)13-7-9-15-8-3-6-14-15/h1-6,8,13H,7,9,12H2. The molecule has 1 aromatic heterocycles. The highest BCUT2D eigenvalue weighted by atomic mass is 15.3. The molecule has 0 saturated carbocycles. The lowest BCUT2D eigenvalue weighted by molar-refractivity contribution is 0.638. The third kappa shape index (κ3) is 2.49. The monoisotopic (exact) mass is 202 g/mol. The predicted octanol–water partition coefficient (Wildman–Crippen LogP) is 1.58. The lowest BCUT2D eigenvalue weighted by atomic mass is 10.3. The van der Waals surface area contributed by atoms with Crippen LogP contribution in [0.4, 0.5) is 11.4 Å². The van der Waals surface area contributed by atoms with E-state index in [9.17, 15) is 0 Å². The maximum atomic E-state index is 5.80. The Balaban J connectivity index is 1.86. The van der Waals surface area contributed by atoms with Gasteiger partial charge in [-0.25, -0.2) is 0 Å². The van der Waals surface area contributed by atoms with Crippen molar-refractivity contribution in [2.45, 2.75) is 6.54 Å². The Morgan fingerprint density at radius 1 is 1.27 bits per heavy atom. The molecule has 0 radical (unpaired) electrons. The number of nitrogen functional groups attached to an aromatic ring is 1. The van der Waals surface area contributed by atoms with Gasteiger partial charge in [-0.05, 0) is 18.2 Å². The van der Waals surface area contributed by atoms with Gasteiger partial charge in [-0.2, -0.15) is 5.10 Å². The predicted molar refractivity (Wildman–Crippen MR) is 61.6 cm³/mol. The molecular weight excluding hydrogens is 188 g/mol. The topological polar surface area (TPSA) is 55.9 Å². The van der Waals surface area contributed by atoms with Crippen LogP contribution in [-0.2, 0) is 6.54 Å². The smallest absolute Gasteiger partial charge is 0.0582 e. The Kier molecular flexibility index (Phi) is 2.88. The van der Waals surface area contributed by atoms with Crippen molar-refractivity contribution in [1.29, 1.82) is 0 Å². The number of nitrogens with one attached hydrogen (secondary N) is 1. The third-order valence-electron chi connectivity index (χ3n) is 2.18. The fourth-order valence-corrected chi connectivity index (χ4v) is 1.40. The van der Waals surface area contributed by atoms with Crippen LogP contribution in [0.25, 0.3) is 0 Å². The summed E-state index contributed by atoms with van der Waals surface area (Å²) in [5, 5.41) is 7.38. The minimum absolute atomic E-state index is 0.776. The molecule has 0 unspecified atom stereocenters. The lowest BCUT2D eigenvalue weighted by Crippen LogP contribution is -2.11. The summed E-state index contributed by atoms with van der Waals surface area (Å²) in [6, 6.07) is 9.66. The molecule has 15 heavy (non-hydrogen) atoms. The van der Waals surface area contributed by atoms with Gasteiger partial charge in [0.15, 0.2) is 0 Å². The Bertz CT molecular complexity index is 408. The van der Waals surface area contributed by atoms with Crippen LogP contribution in [0.5, 0.6) is 0 Å². The molecule has 0 amide bonds. The molecule has 0 fully saturated rings. The molecule has 1 aromatic carbocycles. The molecule has 4 nitrogen and oxygen atoms in total. The SMILES string of the molecule is Nc1ccccc1NCCn1cccn1. The first kappa shape index (κ1) is 9.58. The van der Waals surface area contributed by atoms with E-state index in [-0.39, 0.29) is 0 Å². The van der Waals surface area contributed by atoms with Gasteiger partial charge in [0, 0.05) is 18.9 Å². The minimum atomic E-state index is 0.776. The summed E-state index contributed by atoms with van der Waals surface area (Å²) in [5.41, 5.74) is 7.55. The van der Waals surface area contributed by atoms with E-state index in [1.165, 1.54) is 0 Å². The molecule has 4 heteroatoms. The van der Waals surface area contributed by atoms with Crippen LogP contribution in [0.3, 0.4) is 0 Å². The van der Waals surface area contributed by atoms with E-state index in [4.69, 9.17) is 5.73 Å². The third-order valence-corrected chi connectivity index (χ3v) is 2.18. The zero-order valence-corrected chi connectivity index (χ0v) is 8.43. The minimum Gasteiger partial charge on any atom is -0.397 e. The summed E-state index contributed by atoms with van der Waals surface area (Å²) in [4.78, 5) is 0. The van der Waals surface area contributed by atoms with Gasteiger partial charge in [-0.15, -0.1) is 0 Å². The van der Waals surface area contributed by atoms with E-state index in [2.05, 4.69) is 10.4 Å². The number of nitrogens with zero attached hydrogens (tertiary/aromatic N) is 2. The number of para-hydroxylation sites is 2. The van der Waals surface area contributed by atoms with Gasteiger partial charge in [0.05, 0.1) is 17.9 Å². The molecule has 0 aliphatic heterocycles. The molecule has 0 saturated heterocycles. The number of hydrogen-bond acceptors (Lipinski definition) is 3. The van der Waals surface area contributed by atoms with Gasteiger partial charge in [-0.1, -0.05) is 12.1 Å². The largest absolute Gasteiger partial charge is 0.397 e. The Morgan fingerprint density at radius 3 is 2.87 bits per heavy atom. The molecule has 78 valence electrons. The van der Waals surface area contributed by atoms with E-state index in [1.807, 2.05) is 41.2 Å². The second kappa shape index (κ2) is 4.50. The summed E-state index contributed by atoms with van der Waals surface area (Å²) >= 11 is 0. The van der Waals surface area contributed by atoms with Crippen molar-refractivity contribution in [3.63, 3.8) is 0 Å². The number of hydrogen-bond donors (Lipinski definition) is 2. The van der Waals surface area contributed by atoms with Gasteiger partial charge >= 0.3 is 0 Å². The van der Waals surface area contributed by atoms with E-state index in [0.29, 0.717) is 0 Å². The summed E-state index contributed by atoms with van der Waals surface area (Å²) in [6.45, 7) is 1.65. The zero-order chi connectivity index (χ0) is 10.5. The van der Waals surface area contributed by atoms with Gasteiger partial charge in [-0.3, -0.25) is 4.68 Å². The fourth-order valence-electron chi connectivity index (χ4n) is 1.40. The normalized spacial score (nSPS) is 10.1. The van der Waals surface area contributed by atoms with E-state index < -0.39 is 0 Å². The van der Waals surface area contributed by atoms with Gasteiger partial charge in [0.1, 0.15) is 0 Å². The van der Waals surface area contributed by atoms with Crippen molar-refractivity contribution >= 4 is 11.4 Å². The van der Waals surface area contributed by atoms with E-state index >= 15 is 0 Å². The summed E-state index contributed by atoms with van der Waals surface area (Å²) in [5.74, 6) is 0. The van der Waals surface area contributed by atoms with Crippen LogP contribution in [0.2, 0.25) is 0 Å². The van der Waals surface area contributed by atoms with Gasteiger partial charge in [0.2, 0.25) is 0 Å². The van der Waals surface area contributed by atoms with Crippen LogP contribution in [0, 0.1) is 0 Å².